The minimum absolute atomic E-state index is 0.329. The summed E-state index contributed by atoms with van der Waals surface area (Å²) in [7, 11) is 0. The zero-order valence-corrected chi connectivity index (χ0v) is 9.37. The maximum atomic E-state index is 9.43. The number of rotatable bonds is 10. The molecule has 0 aliphatic rings. The first-order valence-corrected chi connectivity index (χ1v) is 5.29. The molecular formula is C11H21NO3. The lowest BCUT2D eigenvalue weighted by Gasteiger charge is -2.11. The third-order valence-electron chi connectivity index (χ3n) is 1.71. The van der Waals surface area contributed by atoms with E-state index in [-0.39, 0.29) is 0 Å². The lowest BCUT2D eigenvalue weighted by atomic mass is 10.3. The number of hydrogen-bond acceptors (Lipinski definition) is 4. The molecule has 0 aromatic rings. The van der Waals surface area contributed by atoms with Gasteiger partial charge < -0.3 is 19.9 Å². The van der Waals surface area contributed by atoms with Crippen LogP contribution in [0.15, 0.2) is 0 Å². The first-order valence-electron chi connectivity index (χ1n) is 5.29. The molecule has 0 saturated heterocycles. The highest BCUT2D eigenvalue weighted by Gasteiger charge is 2.02. The zero-order valence-electron chi connectivity index (χ0n) is 9.37. The molecule has 4 nitrogen and oxygen atoms in total. The Morgan fingerprint density at radius 1 is 1.40 bits per heavy atom. The van der Waals surface area contributed by atoms with E-state index in [9.17, 15) is 5.11 Å². The van der Waals surface area contributed by atoms with E-state index in [4.69, 9.17) is 15.9 Å². The number of terminal acetylenes is 1. The summed E-state index contributed by atoms with van der Waals surface area (Å²) in [6, 6.07) is 0. The van der Waals surface area contributed by atoms with Crippen LogP contribution in [0, 0.1) is 12.3 Å². The van der Waals surface area contributed by atoms with E-state index in [1.54, 1.807) is 0 Å². The molecule has 0 amide bonds. The summed E-state index contributed by atoms with van der Waals surface area (Å²) in [6.45, 7) is 5.30. The normalized spacial score (nSPS) is 12.3. The van der Waals surface area contributed by atoms with Crippen LogP contribution in [0.4, 0.5) is 0 Å². The Hall–Kier alpha value is -0.600. The van der Waals surface area contributed by atoms with Gasteiger partial charge in [0.2, 0.25) is 0 Å². The van der Waals surface area contributed by atoms with Crippen LogP contribution in [-0.4, -0.2) is 50.7 Å². The topological polar surface area (TPSA) is 50.7 Å². The van der Waals surface area contributed by atoms with Crippen molar-refractivity contribution < 1.29 is 14.6 Å². The molecule has 0 aliphatic heterocycles. The number of aliphatic hydroxyl groups is 1. The predicted octanol–water partition coefficient (Wildman–Crippen LogP) is 0.0133. The average molecular weight is 215 g/mol. The predicted molar refractivity (Wildman–Crippen MR) is 59.6 cm³/mol. The standard InChI is InChI=1S/C11H21NO3/c1-3-5-6-12-9-11(13)10-15-8-7-14-4-2/h1,11-13H,4-10H2,2H3. The smallest absolute Gasteiger partial charge is 0.0897 e. The third-order valence-corrected chi connectivity index (χ3v) is 1.71. The maximum absolute atomic E-state index is 9.43. The molecule has 0 aliphatic carbocycles. The minimum atomic E-state index is -0.482. The monoisotopic (exact) mass is 215 g/mol. The summed E-state index contributed by atoms with van der Waals surface area (Å²) >= 11 is 0. The van der Waals surface area contributed by atoms with Crippen molar-refractivity contribution in [1.82, 2.24) is 5.32 Å². The van der Waals surface area contributed by atoms with Gasteiger partial charge in [-0.1, -0.05) is 0 Å². The molecule has 0 fully saturated rings. The minimum Gasteiger partial charge on any atom is -0.389 e. The lowest BCUT2D eigenvalue weighted by Crippen LogP contribution is -2.31. The van der Waals surface area contributed by atoms with Gasteiger partial charge in [-0.25, -0.2) is 0 Å². The van der Waals surface area contributed by atoms with E-state index in [2.05, 4.69) is 11.2 Å². The van der Waals surface area contributed by atoms with Crippen molar-refractivity contribution in [3.8, 4) is 12.3 Å². The average Bonchev–Trinajstić information content (AvgIpc) is 2.24. The zero-order chi connectivity index (χ0) is 11.4. The molecule has 1 unspecified atom stereocenters. The highest BCUT2D eigenvalue weighted by molar-refractivity contribution is 4.84. The largest absolute Gasteiger partial charge is 0.389 e. The second kappa shape index (κ2) is 11.5. The highest BCUT2D eigenvalue weighted by Crippen LogP contribution is 1.85. The van der Waals surface area contributed by atoms with Crippen LogP contribution in [0.25, 0.3) is 0 Å². The van der Waals surface area contributed by atoms with Gasteiger partial charge in [-0.3, -0.25) is 0 Å². The van der Waals surface area contributed by atoms with Gasteiger partial charge in [-0.15, -0.1) is 12.3 Å². The quantitative estimate of drug-likeness (QED) is 0.398. The molecule has 1 atom stereocenters. The number of aliphatic hydroxyl groups excluding tert-OH is 1. The molecular weight excluding hydrogens is 194 g/mol. The first kappa shape index (κ1) is 14.4. The molecule has 0 bridgehead atoms. The third kappa shape index (κ3) is 11.3. The second-order valence-electron chi connectivity index (χ2n) is 3.08. The van der Waals surface area contributed by atoms with E-state index in [0.29, 0.717) is 39.4 Å². The van der Waals surface area contributed by atoms with Crippen molar-refractivity contribution in [3.05, 3.63) is 0 Å². The molecule has 0 saturated carbocycles. The number of nitrogens with one attached hydrogen (secondary N) is 1. The summed E-state index contributed by atoms with van der Waals surface area (Å²) in [6.07, 6.45) is 5.28. The van der Waals surface area contributed by atoms with Gasteiger partial charge in [0.25, 0.3) is 0 Å². The van der Waals surface area contributed by atoms with Gasteiger partial charge in [-0.2, -0.15) is 0 Å². The molecule has 0 spiro atoms. The van der Waals surface area contributed by atoms with Crippen molar-refractivity contribution in [1.29, 1.82) is 0 Å². The van der Waals surface area contributed by atoms with Crippen molar-refractivity contribution in [2.75, 3.05) is 39.5 Å². The fourth-order valence-corrected chi connectivity index (χ4v) is 0.970. The lowest BCUT2D eigenvalue weighted by molar-refractivity contribution is 0.00662. The van der Waals surface area contributed by atoms with Gasteiger partial charge in [0, 0.05) is 26.1 Å². The Kier molecular flexibility index (Phi) is 11.0. The van der Waals surface area contributed by atoms with Crippen LogP contribution in [0.5, 0.6) is 0 Å². The van der Waals surface area contributed by atoms with Crippen LogP contribution in [-0.2, 0) is 9.47 Å². The summed E-state index contributed by atoms with van der Waals surface area (Å²) in [4.78, 5) is 0. The van der Waals surface area contributed by atoms with Gasteiger partial charge >= 0.3 is 0 Å². The molecule has 0 aromatic carbocycles. The summed E-state index contributed by atoms with van der Waals surface area (Å²) in [5.74, 6) is 2.52. The number of hydrogen-bond donors (Lipinski definition) is 2. The molecule has 0 heterocycles. The fraction of sp³-hybridized carbons (Fsp3) is 0.818. The Balaban J connectivity index is 3.12. The summed E-state index contributed by atoms with van der Waals surface area (Å²) < 4.78 is 10.3. The van der Waals surface area contributed by atoms with Gasteiger partial charge in [0.15, 0.2) is 0 Å². The summed E-state index contributed by atoms with van der Waals surface area (Å²) in [5.41, 5.74) is 0. The Morgan fingerprint density at radius 3 is 2.80 bits per heavy atom. The van der Waals surface area contributed by atoms with E-state index < -0.39 is 6.10 Å². The van der Waals surface area contributed by atoms with Crippen molar-refractivity contribution >= 4 is 0 Å². The van der Waals surface area contributed by atoms with Crippen LogP contribution in [0.1, 0.15) is 13.3 Å². The summed E-state index contributed by atoms with van der Waals surface area (Å²) in [5, 5.41) is 12.5. The molecule has 2 N–H and O–H groups in total. The molecule has 4 heteroatoms. The Labute approximate surface area is 92.0 Å². The van der Waals surface area contributed by atoms with E-state index in [1.807, 2.05) is 6.92 Å². The first-order chi connectivity index (χ1) is 7.31. The molecule has 0 aromatic heterocycles. The molecule has 88 valence electrons. The van der Waals surface area contributed by atoms with E-state index in [0.717, 1.165) is 6.54 Å². The second-order valence-corrected chi connectivity index (χ2v) is 3.08. The van der Waals surface area contributed by atoms with Crippen molar-refractivity contribution in [3.63, 3.8) is 0 Å². The van der Waals surface area contributed by atoms with Gasteiger partial charge in [0.1, 0.15) is 0 Å². The van der Waals surface area contributed by atoms with Crippen LogP contribution in [0.2, 0.25) is 0 Å². The van der Waals surface area contributed by atoms with Crippen molar-refractivity contribution in [2.45, 2.75) is 19.4 Å². The van der Waals surface area contributed by atoms with Crippen molar-refractivity contribution in [2.24, 2.45) is 0 Å². The maximum Gasteiger partial charge on any atom is 0.0897 e. The molecule has 0 rings (SSSR count). The Bertz CT molecular complexity index is 168. The van der Waals surface area contributed by atoms with E-state index >= 15 is 0 Å². The van der Waals surface area contributed by atoms with Crippen LogP contribution in [0.3, 0.4) is 0 Å². The van der Waals surface area contributed by atoms with Gasteiger partial charge in [-0.05, 0) is 6.92 Å². The number of ether oxygens (including phenoxy) is 2. The SMILES string of the molecule is C#CCCNCC(O)COCCOCC. The highest BCUT2D eigenvalue weighted by atomic mass is 16.5. The van der Waals surface area contributed by atoms with Crippen LogP contribution >= 0.6 is 0 Å². The fourth-order valence-electron chi connectivity index (χ4n) is 0.970. The molecule has 15 heavy (non-hydrogen) atoms. The molecule has 0 radical (unpaired) electrons. The van der Waals surface area contributed by atoms with Gasteiger partial charge in [0.05, 0.1) is 25.9 Å². The van der Waals surface area contributed by atoms with E-state index in [1.165, 1.54) is 0 Å². The van der Waals surface area contributed by atoms with Crippen LogP contribution < -0.4 is 5.32 Å². The Morgan fingerprint density at radius 2 is 2.13 bits per heavy atom.